The molecule has 4 aromatic rings. The van der Waals surface area contributed by atoms with Gasteiger partial charge in [0.05, 0.1) is 12.6 Å². The number of nitrogens with one attached hydrogen (secondary N) is 1. The fourth-order valence-corrected chi connectivity index (χ4v) is 4.88. The summed E-state index contributed by atoms with van der Waals surface area (Å²) in [5.74, 6) is 0.985. The molecule has 0 spiro atoms. The summed E-state index contributed by atoms with van der Waals surface area (Å²) >= 11 is 0. The Bertz CT molecular complexity index is 1310. The number of pyridine rings is 1. The van der Waals surface area contributed by atoms with E-state index in [9.17, 15) is 4.79 Å². The molecule has 1 N–H and O–H groups in total. The molecule has 1 unspecified atom stereocenters. The fraction of sp³-hybridized carbons (Fsp3) is 0.192. The summed E-state index contributed by atoms with van der Waals surface area (Å²) in [6.07, 6.45) is 0.940. The van der Waals surface area contributed by atoms with Crippen LogP contribution in [-0.2, 0) is 19.5 Å². The molecule has 3 heterocycles. The molecule has 0 fully saturated rings. The second-order valence-electron chi connectivity index (χ2n) is 8.15. The van der Waals surface area contributed by atoms with Crippen LogP contribution in [0.5, 0.6) is 5.75 Å². The first-order valence-electron chi connectivity index (χ1n) is 10.5. The average Bonchev–Trinajstić information content (AvgIpc) is 3.38. The molecule has 0 aliphatic carbocycles. The Morgan fingerprint density at radius 1 is 1.00 bits per heavy atom. The van der Waals surface area contributed by atoms with Crippen molar-refractivity contribution in [2.24, 2.45) is 0 Å². The third-order valence-corrected chi connectivity index (χ3v) is 6.30. The highest BCUT2D eigenvalue weighted by Crippen LogP contribution is 2.40. The van der Waals surface area contributed by atoms with E-state index in [-0.39, 0.29) is 11.5 Å². The highest BCUT2D eigenvalue weighted by Gasteiger charge is 2.35. The van der Waals surface area contributed by atoms with E-state index in [0.717, 1.165) is 47.5 Å². The summed E-state index contributed by atoms with van der Waals surface area (Å²) < 4.78 is 5.71. The van der Waals surface area contributed by atoms with Gasteiger partial charge in [-0.2, -0.15) is 0 Å². The number of rotatable bonds is 3. The second-order valence-corrected chi connectivity index (χ2v) is 8.15. The van der Waals surface area contributed by atoms with Gasteiger partial charge in [-0.3, -0.25) is 9.69 Å². The van der Waals surface area contributed by atoms with E-state index in [2.05, 4.69) is 52.3 Å². The predicted molar refractivity (Wildman–Crippen MR) is 118 cm³/mol. The minimum atomic E-state index is 0.0170. The molecule has 0 amide bonds. The lowest BCUT2D eigenvalue weighted by molar-refractivity contribution is 0.233. The van der Waals surface area contributed by atoms with Crippen LogP contribution in [0.15, 0.2) is 77.6 Å². The van der Waals surface area contributed by atoms with Gasteiger partial charge in [0.1, 0.15) is 5.75 Å². The number of fused-ring (bicyclic) bond motifs is 3. The van der Waals surface area contributed by atoms with Crippen LogP contribution in [0.3, 0.4) is 0 Å². The van der Waals surface area contributed by atoms with Crippen LogP contribution < -0.4 is 10.2 Å². The van der Waals surface area contributed by atoms with Gasteiger partial charge in [-0.05, 0) is 34.9 Å². The van der Waals surface area contributed by atoms with Crippen molar-refractivity contribution in [2.45, 2.75) is 25.6 Å². The zero-order valence-electron chi connectivity index (χ0n) is 16.6. The van der Waals surface area contributed by atoms with Crippen molar-refractivity contribution >= 4 is 10.9 Å². The third-order valence-electron chi connectivity index (χ3n) is 6.30. The first-order chi connectivity index (χ1) is 14.8. The highest BCUT2D eigenvalue weighted by atomic mass is 16.5. The van der Waals surface area contributed by atoms with Crippen molar-refractivity contribution in [1.82, 2.24) is 9.88 Å². The SMILES string of the molecule is O=c1c2c([nH]c3ccccc13)C(c1ccc3c(c1)CCO3)N(Cc1ccccc1)C2. The minimum absolute atomic E-state index is 0.0170. The third kappa shape index (κ3) is 2.76. The number of aromatic amines is 1. The van der Waals surface area contributed by atoms with E-state index in [1.165, 1.54) is 16.7 Å². The number of hydrogen-bond acceptors (Lipinski definition) is 3. The van der Waals surface area contributed by atoms with Gasteiger partial charge in [-0.1, -0.05) is 54.6 Å². The quantitative estimate of drug-likeness (QED) is 0.554. The average molecular weight is 394 g/mol. The number of para-hydroxylation sites is 1. The second kappa shape index (κ2) is 6.85. The van der Waals surface area contributed by atoms with E-state index >= 15 is 0 Å². The molecule has 0 radical (unpaired) electrons. The Morgan fingerprint density at radius 2 is 1.83 bits per heavy atom. The molecule has 3 aromatic carbocycles. The topological polar surface area (TPSA) is 45.3 Å². The van der Waals surface area contributed by atoms with E-state index in [1.54, 1.807) is 0 Å². The smallest absolute Gasteiger partial charge is 0.194 e. The van der Waals surface area contributed by atoms with Crippen LogP contribution >= 0.6 is 0 Å². The summed E-state index contributed by atoms with van der Waals surface area (Å²) in [6.45, 7) is 2.18. The first kappa shape index (κ1) is 17.5. The van der Waals surface area contributed by atoms with Crippen LogP contribution in [0.4, 0.5) is 0 Å². The lowest BCUT2D eigenvalue weighted by Crippen LogP contribution is -2.23. The predicted octanol–water partition coefficient (Wildman–Crippen LogP) is 4.57. The minimum Gasteiger partial charge on any atom is -0.493 e. The Kier molecular flexibility index (Phi) is 3.99. The number of nitrogens with zero attached hydrogens (tertiary/aromatic N) is 1. The molecule has 2 aliphatic heterocycles. The number of hydrogen-bond donors (Lipinski definition) is 1. The van der Waals surface area contributed by atoms with Gasteiger partial charge in [-0.15, -0.1) is 0 Å². The Morgan fingerprint density at radius 3 is 2.73 bits per heavy atom. The zero-order valence-corrected chi connectivity index (χ0v) is 16.6. The van der Waals surface area contributed by atoms with E-state index in [4.69, 9.17) is 4.74 Å². The normalized spacial score (nSPS) is 17.7. The van der Waals surface area contributed by atoms with Gasteiger partial charge in [-0.25, -0.2) is 0 Å². The molecule has 2 aliphatic rings. The number of H-pyrrole nitrogens is 1. The van der Waals surface area contributed by atoms with Gasteiger partial charge in [0.2, 0.25) is 0 Å². The van der Waals surface area contributed by atoms with Crippen LogP contribution in [0, 0.1) is 0 Å². The Labute approximate surface area is 174 Å². The highest BCUT2D eigenvalue weighted by molar-refractivity contribution is 5.79. The van der Waals surface area contributed by atoms with Crippen molar-refractivity contribution in [3.8, 4) is 5.75 Å². The van der Waals surface area contributed by atoms with Crippen LogP contribution in [0.25, 0.3) is 10.9 Å². The molecule has 148 valence electrons. The molecule has 1 atom stereocenters. The van der Waals surface area contributed by atoms with Gasteiger partial charge < -0.3 is 9.72 Å². The van der Waals surface area contributed by atoms with Gasteiger partial charge in [0, 0.05) is 41.7 Å². The van der Waals surface area contributed by atoms with E-state index in [0.29, 0.717) is 6.54 Å². The summed E-state index contributed by atoms with van der Waals surface area (Å²) in [4.78, 5) is 19.3. The molecule has 0 saturated carbocycles. The zero-order chi connectivity index (χ0) is 20.1. The van der Waals surface area contributed by atoms with Crippen molar-refractivity contribution in [3.63, 3.8) is 0 Å². The standard InChI is InChI=1S/C26H22N2O2/c29-26-20-8-4-5-9-22(20)27-24-21(26)16-28(15-17-6-2-1-3-7-17)25(24)19-10-11-23-18(14-19)12-13-30-23/h1-11,14,25H,12-13,15-16H2,(H,27,29). The van der Waals surface area contributed by atoms with E-state index < -0.39 is 0 Å². The lowest BCUT2D eigenvalue weighted by atomic mass is 9.98. The van der Waals surface area contributed by atoms with Crippen molar-refractivity contribution in [3.05, 3.63) is 111 Å². The molecular formula is C26H22N2O2. The molecule has 4 heteroatoms. The number of ether oxygens (including phenoxy) is 1. The Hall–Kier alpha value is -3.37. The van der Waals surface area contributed by atoms with Gasteiger partial charge in [0.15, 0.2) is 5.43 Å². The molecule has 30 heavy (non-hydrogen) atoms. The maximum Gasteiger partial charge on any atom is 0.194 e. The van der Waals surface area contributed by atoms with Crippen LogP contribution in [-0.4, -0.2) is 16.5 Å². The monoisotopic (exact) mass is 394 g/mol. The maximum atomic E-state index is 13.3. The largest absolute Gasteiger partial charge is 0.493 e. The van der Waals surface area contributed by atoms with Crippen LogP contribution in [0.1, 0.15) is 34.0 Å². The van der Waals surface area contributed by atoms with Crippen molar-refractivity contribution in [1.29, 1.82) is 0 Å². The molecular weight excluding hydrogens is 372 g/mol. The first-order valence-corrected chi connectivity index (χ1v) is 10.5. The van der Waals surface area contributed by atoms with Crippen molar-refractivity contribution < 1.29 is 4.74 Å². The molecule has 0 bridgehead atoms. The molecule has 4 nitrogen and oxygen atoms in total. The van der Waals surface area contributed by atoms with Crippen LogP contribution in [0.2, 0.25) is 0 Å². The Balaban J connectivity index is 1.52. The molecule has 0 saturated heterocycles. The van der Waals surface area contributed by atoms with Gasteiger partial charge >= 0.3 is 0 Å². The summed E-state index contributed by atoms with van der Waals surface area (Å²) in [5, 5.41) is 0.763. The molecule has 1 aromatic heterocycles. The summed E-state index contributed by atoms with van der Waals surface area (Å²) in [6, 6.07) is 24.8. The fourth-order valence-electron chi connectivity index (χ4n) is 4.88. The van der Waals surface area contributed by atoms with Gasteiger partial charge in [0.25, 0.3) is 0 Å². The lowest BCUT2D eigenvalue weighted by Gasteiger charge is -2.26. The van der Waals surface area contributed by atoms with Crippen molar-refractivity contribution in [2.75, 3.05) is 6.61 Å². The molecule has 6 rings (SSSR count). The number of aromatic nitrogens is 1. The number of benzene rings is 3. The van der Waals surface area contributed by atoms with E-state index in [1.807, 2.05) is 30.3 Å². The summed E-state index contributed by atoms with van der Waals surface area (Å²) in [7, 11) is 0. The summed E-state index contributed by atoms with van der Waals surface area (Å²) in [5.41, 5.74) is 6.65. The maximum absolute atomic E-state index is 13.3.